The van der Waals surface area contributed by atoms with E-state index in [-0.39, 0.29) is 6.04 Å². The van der Waals surface area contributed by atoms with Crippen molar-refractivity contribution < 1.29 is 0 Å². The predicted molar refractivity (Wildman–Crippen MR) is 234 cm³/mol. The molecule has 1 atom stereocenters. The van der Waals surface area contributed by atoms with Crippen molar-refractivity contribution in [3.63, 3.8) is 0 Å². The highest BCUT2D eigenvalue weighted by molar-refractivity contribution is 7.26. The third-order valence-electron chi connectivity index (χ3n) is 10.1. The van der Waals surface area contributed by atoms with Gasteiger partial charge in [0.15, 0.2) is 5.84 Å². The minimum absolute atomic E-state index is 0.259. The molecule has 1 aliphatic carbocycles. The first-order chi connectivity index (χ1) is 27.1. The highest BCUT2D eigenvalue weighted by Crippen LogP contribution is 2.39. The summed E-state index contributed by atoms with van der Waals surface area (Å²) in [7, 11) is 0. The number of amidine groups is 2. The van der Waals surface area contributed by atoms with Gasteiger partial charge in [-0.1, -0.05) is 164 Å². The van der Waals surface area contributed by atoms with Crippen molar-refractivity contribution in [3.8, 4) is 11.1 Å². The molecule has 7 aromatic rings. The summed E-state index contributed by atoms with van der Waals surface area (Å²) in [4.78, 5) is 15.2. The maximum absolute atomic E-state index is 7.06. The molecule has 6 aromatic carbocycles. The van der Waals surface area contributed by atoms with Crippen LogP contribution in [-0.4, -0.2) is 17.4 Å². The molecule has 0 amide bonds. The average molecular weight is 734 g/mol. The van der Waals surface area contributed by atoms with E-state index in [4.69, 9.17) is 26.4 Å². The molecule has 4 N–H and O–H groups in total. The second-order valence-electron chi connectivity index (χ2n) is 13.8. The van der Waals surface area contributed by atoms with Crippen molar-refractivity contribution >= 4 is 48.9 Å². The zero-order valence-electron chi connectivity index (χ0n) is 30.7. The molecule has 0 saturated carbocycles. The van der Waals surface area contributed by atoms with Crippen LogP contribution in [0, 0.1) is 0 Å². The largest absolute Gasteiger partial charge is 0.383 e. The highest BCUT2D eigenvalue weighted by Gasteiger charge is 2.18. The third-order valence-corrected chi connectivity index (χ3v) is 11.3. The van der Waals surface area contributed by atoms with Crippen LogP contribution in [0.2, 0.25) is 0 Å². The molecular weight excluding hydrogens is 691 g/mol. The standard InChI is InChI=1S/C49H43N5S/c50-44(31-45(36-17-6-2-7-18-36)52-32-34-15-4-1-5-16-34)40-22-11-10-21-39(40)33-53-49(54-48(51)37-19-8-3-9-20-37)38-29-27-35(28-30-38)41-24-14-25-43-42-23-12-13-26-46(42)55-47(41)43/h1-6,8-17,19-30,44H,7,18,31-33,50H2,(H2,51,53,54). The van der Waals surface area contributed by atoms with Crippen LogP contribution in [0.3, 0.4) is 0 Å². The van der Waals surface area contributed by atoms with E-state index < -0.39 is 0 Å². The lowest BCUT2D eigenvalue weighted by Gasteiger charge is -2.20. The summed E-state index contributed by atoms with van der Waals surface area (Å²) >= 11 is 1.84. The SMILES string of the molecule is NC(=NC(=NCc1ccccc1C(N)CC(=NCc1ccccc1)C1=CC=CCC1)c1ccc(-c2cccc3c2sc2ccccc23)cc1)c1ccccc1. The molecule has 5 nitrogen and oxygen atoms in total. The van der Waals surface area contributed by atoms with Crippen LogP contribution in [0.15, 0.2) is 190 Å². The molecule has 1 aliphatic rings. The number of benzene rings is 6. The zero-order valence-corrected chi connectivity index (χ0v) is 31.5. The number of nitrogens with zero attached hydrogens (tertiary/aromatic N) is 3. The topological polar surface area (TPSA) is 89.1 Å². The van der Waals surface area contributed by atoms with Crippen molar-refractivity contribution in [2.75, 3.05) is 0 Å². The molecule has 0 saturated heterocycles. The number of rotatable bonds is 11. The first-order valence-corrected chi connectivity index (χ1v) is 19.6. The van der Waals surface area contributed by atoms with Gasteiger partial charge < -0.3 is 11.5 Å². The van der Waals surface area contributed by atoms with Gasteiger partial charge in [-0.05, 0) is 52.3 Å². The van der Waals surface area contributed by atoms with Crippen LogP contribution in [-0.2, 0) is 13.1 Å². The van der Waals surface area contributed by atoms with Gasteiger partial charge >= 0.3 is 0 Å². The number of nitrogens with two attached hydrogens (primary N) is 2. The molecule has 0 radical (unpaired) electrons. The van der Waals surface area contributed by atoms with Crippen LogP contribution in [0.25, 0.3) is 31.3 Å². The highest BCUT2D eigenvalue weighted by atomic mass is 32.1. The van der Waals surface area contributed by atoms with Crippen molar-refractivity contribution in [1.29, 1.82) is 0 Å². The van der Waals surface area contributed by atoms with E-state index in [1.165, 1.54) is 36.9 Å². The van der Waals surface area contributed by atoms with Crippen molar-refractivity contribution in [2.24, 2.45) is 26.4 Å². The average Bonchev–Trinajstić information content (AvgIpc) is 3.64. The van der Waals surface area contributed by atoms with Gasteiger partial charge in [-0.2, -0.15) is 0 Å². The lowest BCUT2D eigenvalue weighted by Crippen LogP contribution is -2.19. The van der Waals surface area contributed by atoms with Crippen LogP contribution in [0.4, 0.5) is 0 Å². The minimum Gasteiger partial charge on any atom is -0.383 e. The van der Waals surface area contributed by atoms with Gasteiger partial charge in [-0.25, -0.2) is 4.99 Å². The number of aliphatic imine (C=N–C) groups is 3. The van der Waals surface area contributed by atoms with Gasteiger partial charge in [-0.3, -0.25) is 9.98 Å². The van der Waals surface area contributed by atoms with Crippen molar-refractivity contribution in [1.82, 2.24) is 0 Å². The Hall–Kier alpha value is -6.21. The van der Waals surface area contributed by atoms with Crippen LogP contribution < -0.4 is 11.5 Å². The van der Waals surface area contributed by atoms with E-state index in [1.807, 2.05) is 59.9 Å². The van der Waals surface area contributed by atoms with Gasteiger partial charge in [0.25, 0.3) is 0 Å². The number of thiophene rings is 1. The number of hydrogen-bond acceptors (Lipinski definition) is 4. The normalized spacial score (nSPS) is 14.3. The van der Waals surface area contributed by atoms with Gasteiger partial charge in [0.05, 0.1) is 13.1 Å². The van der Waals surface area contributed by atoms with E-state index in [1.54, 1.807) is 0 Å². The Bertz CT molecular complexity index is 2580. The summed E-state index contributed by atoms with van der Waals surface area (Å²) in [6.07, 6.45) is 9.12. The Morgan fingerprint density at radius 3 is 2.20 bits per heavy atom. The lowest BCUT2D eigenvalue weighted by molar-refractivity contribution is 0.741. The Kier molecular flexibility index (Phi) is 11.0. The summed E-state index contributed by atoms with van der Waals surface area (Å²) in [6.45, 7) is 1.02. The Labute approximate surface area is 326 Å². The van der Waals surface area contributed by atoms with Crippen LogP contribution in [0.5, 0.6) is 0 Å². The quantitative estimate of drug-likeness (QED) is 0.102. The molecule has 0 fully saturated rings. The van der Waals surface area contributed by atoms with Gasteiger partial charge in [0.2, 0.25) is 0 Å². The Balaban J connectivity index is 1.10. The smallest absolute Gasteiger partial charge is 0.157 e. The van der Waals surface area contributed by atoms with E-state index in [0.29, 0.717) is 31.2 Å². The van der Waals surface area contributed by atoms with E-state index >= 15 is 0 Å². The summed E-state index contributed by atoms with van der Waals surface area (Å²) in [5.41, 5.74) is 23.4. The van der Waals surface area contributed by atoms with Crippen LogP contribution >= 0.6 is 11.3 Å². The van der Waals surface area contributed by atoms with Gasteiger partial charge in [0.1, 0.15) is 5.84 Å². The zero-order chi connectivity index (χ0) is 37.4. The Morgan fingerprint density at radius 1 is 0.673 bits per heavy atom. The molecule has 1 unspecified atom stereocenters. The summed E-state index contributed by atoms with van der Waals surface area (Å²) in [5, 5.41) is 2.57. The fraction of sp³-hybridized carbons (Fsp3) is 0.122. The number of allylic oxidation sites excluding steroid dienone is 4. The fourth-order valence-corrected chi connectivity index (χ4v) is 8.42. The summed E-state index contributed by atoms with van der Waals surface area (Å²) in [5.74, 6) is 0.984. The maximum Gasteiger partial charge on any atom is 0.157 e. The number of hydrogen-bond donors (Lipinski definition) is 2. The Morgan fingerprint density at radius 2 is 1.40 bits per heavy atom. The molecule has 270 valence electrons. The molecule has 0 bridgehead atoms. The molecule has 1 aromatic heterocycles. The molecular formula is C49H43N5S. The summed E-state index contributed by atoms with van der Waals surface area (Å²) < 4.78 is 2.58. The van der Waals surface area contributed by atoms with E-state index in [9.17, 15) is 0 Å². The summed E-state index contributed by atoms with van der Waals surface area (Å²) in [6, 6.07) is 52.0. The first-order valence-electron chi connectivity index (χ1n) is 18.8. The monoisotopic (exact) mass is 733 g/mol. The second kappa shape index (κ2) is 16.9. The van der Waals surface area contributed by atoms with Gasteiger partial charge in [-0.15, -0.1) is 11.3 Å². The fourth-order valence-electron chi connectivity index (χ4n) is 7.18. The maximum atomic E-state index is 7.06. The predicted octanol–water partition coefficient (Wildman–Crippen LogP) is 11.4. The molecule has 1 heterocycles. The molecule has 0 aliphatic heterocycles. The molecule has 8 rings (SSSR count). The van der Waals surface area contributed by atoms with Crippen molar-refractivity contribution in [3.05, 3.63) is 203 Å². The number of fused-ring (bicyclic) bond motifs is 3. The van der Waals surface area contributed by atoms with Crippen molar-refractivity contribution in [2.45, 2.75) is 38.4 Å². The lowest BCUT2D eigenvalue weighted by atomic mass is 9.91. The minimum atomic E-state index is -0.259. The van der Waals surface area contributed by atoms with E-state index in [2.05, 4.69) is 121 Å². The molecule has 55 heavy (non-hydrogen) atoms. The van der Waals surface area contributed by atoms with Gasteiger partial charge in [0, 0.05) is 49.5 Å². The third kappa shape index (κ3) is 8.31. The van der Waals surface area contributed by atoms with Crippen LogP contribution in [0.1, 0.15) is 53.1 Å². The molecule has 6 heteroatoms. The molecule has 0 spiro atoms. The first kappa shape index (κ1) is 35.8. The van der Waals surface area contributed by atoms with E-state index in [0.717, 1.165) is 46.4 Å². The second-order valence-corrected chi connectivity index (χ2v) is 14.8.